The van der Waals surface area contributed by atoms with E-state index in [1.165, 1.54) is 23.1 Å². The van der Waals surface area contributed by atoms with Crippen molar-refractivity contribution in [2.24, 2.45) is 5.41 Å². The summed E-state index contributed by atoms with van der Waals surface area (Å²) >= 11 is 5.78. The lowest BCUT2D eigenvalue weighted by atomic mass is 9.72. The van der Waals surface area contributed by atoms with E-state index in [0.29, 0.717) is 0 Å². The van der Waals surface area contributed by atoms with Crippen LogP contribution in [0.2, 0.25) is 5.02 Å². The van der Waals surface area contributed by atoms with Crippen molar-refractivity contribution in [1.82, 2.24) is 4.90 Å². The monoisotopic (exact) mass is 389 g/mol. The quantitative estimate of drug-likeness (QED) is 0.746. The average molecular weight is 390 g/mol. The fourth-order valence-corrected chi connectivity index (χ4v) is 3.62. The number of carbonyl (C=O) groups is 2. The zero-order valence-electron chi connectivity index (χ0n) is 14.5. The molecule has 0 saturated carbocycles. The molecule has 3 N–H and O–H groups in total. The predicted octanol–water partition coefficient (Wildman–Crippen LogP) is 2.57. The van der Waals surface area contributed by atoms with Gasteiger partial charge in [-0.25, -0.2) is 0 Å². The minimum absolute atomic E-state index is 0.111. The number of nitrogens with zero attached hydrogens (tertiary/aromatic N) is 1. The average Bonchev–Trinajstić information content (AvgIpc) is 2.66. The number of phenolic OH excluding ortho intramolecular Hbond substituents is 1. The fourth-order valence-electron chi connectivity index (χ4n) is 3.50. The summed E-state index contributed by atoms with van der Waals surface area (Å²) in [7, 11) is 0. The van der Waals surface area contributed by atoms with Crippen LogP contribution in [0.3, 0.4) is 0 Å². The minimum atomic E-state index is -1.50. The van der Waals surface area contributed by atoms with E-state index in [9.17, 15) is 24.9 Å². The number of benzene rings is 2. The van der Waals surface area contributed by atoms with Crippen LogP contribution in [-0.4, -0.2) is 51.3 Å². The highest BCUT2D eigenvalue weighted by atomic mass is 35.5. The van der Waals surface area contributed by atoms with E-state index in [-0.39, 0.29) is 42.3 Å². The van der Waals surface area contributed by atoms with Gasteiger partial charge in [-0.1, -0.05) is 41.9 Å². The first-order valence-corrected chi connectivity index (χ1v) is 8.94. The SMILES string of the molecule is O=C(c1ccc(Cl)c(O)c1)N1CC[C@@H](O)[C@](Cc2ccccc2)(C(=O)O)C1. The van der Waals surface area contributed by atoms with E-state index >= 15 is 0 Å². The number of aliphatic carboxylic acids is 1. The van der Waals surface area contributed by atoms with E-state index in [4.69, 9.17) is 11.6 Å². The predicted molar refractivity (Wildman–Crippen MR) is 99.9 cm³/mol. The summed E-state index contributed by atoms with van der Waals surface area (Å²) in [6.45, 7) is 0.105. The Morgan fingerprint density at radius 3 is 2.52 bits per heavy atom. The Bertz CT molecular complexity index is 857. The number of aliphatic hydroxyl groups excluding tert-OH is 1. The van der Waals surface area contributed by atoms with Gasteiger partial charge in [0.15, 0.2) is 0 Å². The number of carboxylic acids is 1. The second-order valence-electron chi connectivity index (χ2n) is 6.82. The molecule has 6 nitrogen and oxygen atoms in total. The molecule has 1 aliphatic rings. The molecule has 1 heterocycles. The maximum Gasteiger partial charge on any atom is 0.314 e. The lowest BCUT2D eigenvalue weighted by Crippen LogP contribution is -2.58. The Kier molecular flexibility index (Phi) is 5.39. The number of phenols is 1. The summed E-state index contributed by atoms with van der Waals surface area (Å²) in [4.78, 5) is 26.4. The number of amides is 1. The van der Waals surface area contributed by atoms with Crippen LogP contribution in [0.4, 0.5) is 0 Å². The van der Waals surface area contributed by atoms with Crippen LogP contribution in [0, 0.1) is 5.41 Å². The van der Waals surface area contributed by atoms with Gasteiger partial charge in [-0.3, -0.25) is 9.59 Å². The van der Waals surface area contributed by atoms with Crippen molar-refractivity contribution in [3.05, 3.63) is 64.7 Å². The standard InChI is InChI=1S/C20H20ClNO5/c21-15-7-6-14(10-16(15)23)18(25)22-9-8-17(24)20(12-22,19(26)27)11-13-4-2-1-3-5-13/h1-7,10,17,23-24H,8-9,11-12H2,(H,26,27)/t17-,20-/m1/s1. The number of hydrogen-bond acceptors (Lipinski definition) is 4. The molecule has 0 aliphatic carbocycles. The van der Waals surface area contributed by atoms with Gasteiger partial charge >= 0.3 is 5.97 Å². The van der Waals surface area contributed by atoms with E-state index in [1.807, 2.05) is 6.07 Å². The maximum atomic E-state index is 12.8. The summed E-state index contributed by atoms with van der Waals surface area (Å²) in [5.74, 6) is -1.77. The Morgan fingerprint density at radius 2 is 1.89 bits per heavy atom. The Hall–Kier alpha value is -2.57. The van der Waals surface area contributed by atoms with Gasteiger partial charge in [-0.05, 0) is 36.6 Å². The molecule has 1 saturated heterocycles. The van der Waals surface area contributed by atoms with Gasteiger partial charge in [0.1, 0.15) is 11.2 Å². The zero-order valence-corrected chi connectivity index (χ0v) is 15.3. The highest BCUT2D eigenvalue weighted by molar-refractivity contribution is 6.32. The van der Waals surface area contributed by atoms with Gasteiger partial charge in [0.25, 0.3) is 5.91 Å². The molecule has 1 fully saturated rings. The summed E-state index contributed by atoms with van der Waals surface area (Å²) in [6.07, 6.45) is -0.803. The van der Waals surface area contributed by atoms with E-state index < -0.39 is 23.4 Å². The van der Waals surface area contributed by atoms with Gasteiger partial charge in [0, 0.05) is 18.7 Å². The minimum Gasteiger partial charge on any atom is -0.506 e. The molecule has 2 aromatic rings. The van der Waals surface area contributed by atoms with E-state index in [1.54, 1.807) is 24.3 Å². The summed E-state index contributed by atoms with van der Waals surface area (Å²) in [6, 6.07) is 13.2. The van der Waals surface area contributed by atoms with Gasteiger partial charge < -0.3 is 20.2 Å². The van der Waals surface area contributed by atoms with Gasteiger partial charge in [-0.2, -0.15) is 0 Å². The second kappa shape index (κ2) is 7.58. The molecule has 1 amide bonds. The molecule has 1 aliphatic heterocycles. The van der Waals surface area contributed by atoms with Crippen LogP contribution in [0.1, 0.15) is 22.3 Å². The Balaban J connectivity index is 1.89. The molecule has 0 radical (unpaired) electrons. The topological polar surface area (TPSA) is 98.1 Å². The van der Waals surface area contributed by atoms with Gasteiger partial charge in [0.2, 0.25) is 0 Å². The number of carboxylic acid groups (broad SMARTS) is 1. The molecule has 0 unspecified atom stereocenters. The first kappa shape index (κ1) is 19.2. The summed E-state index contributed by atoms with van der Waals surface area (Å²) in [5.41, 5.74) is -0.506. The lowest BCUT2D eigenvalue weighted by molar-refractivity contribution is -0.161. The van der Waals surface area contributed by atoms with E-state index in [2.05, 4.69) is 0 Å². The molecule has 2 atom stereocenters. The van der Waals surface area contributed by atoms with Crippen LogP contribution in [0.25, 0.3) is 0 Å². The molecule has 2 aromatic carbocycles. The summed E-state index contributed by atoms with van der Waals surface area (Å²) in [5, 5.41) is 30.3. The third-order valence-electron chi connectivity index (χ3n) is 5.05. The first-order valence-electron chi connectivity index (χ1n) is 8.57. The van der Waals surface area contributed by atoms with Crippen molar-refractivity contribution in [2.75, 3.05) is 13.1 Å². The molecule has 7 heteroatoms. The number of rotatable bonds is 4. The third-order valence-corrected chi connectivity index (χ3v) is 5.37. The van der Waals surface area contributed by atoms with E-state index in [0.717, 1.165) is 5.56 Å². The van der Waals surface area contributed by atoms with Crippen molar-refractivity contribution in [2.45, 2.75) is 18.9 Å². The molecule has 0 spiro atoms. The number of aliphatic hydroxyl groups is 1. The largest absolute Gasteiger partial charge is 0.506 e. The van der Waals surface area contributed by atoms with Crippen molar-refractivity contribution in [1.29, 1.82) is 0 Å². The molecular formula is C20H20ClNO5. The first-order chi connectivity index (χ1) is 12.8. The third kappa shape index (κ3) is 3.77. The number of carbonyl (C=O) groups excluding carboxylic acids is 1. The molecular weight excluding hydrogens is 370 g/mol. The number of piperidine rings is 1. The van der Waals surface area contributed by atoms with Gasteiger partial charge in [0.05, 0.1) is 11.1 Å². The lowest BCUT2D eigenvalue weighted by Gasteiger charge is -2.43. The Labute approximate surface area is 161 Å². The van der Waals surface area contributed by atoms with Crippen molar-refractivity contribution in [3.8, 4) is 5.75 Å². The van der Waals surface area contributed by atoms with Crippen molar-refractivity contribution >= 4 is 23.5 Å². The highest BCUT2D eigenvalue weighted by Gasteiger charge is 2.50. The van der Waals surface area contributed by atoms with Crippen molar-refractivity contribution < 1.29 is 24.9 Å². The zero-order chi connectivity index (χ0) is 19.6. The van der Waals surface area contributed by atoms with Gasteiger partial charge in [-0.15, -0.1) is 0 Å². The molecule has 142 valence electrons. The molecule has 0 aromatic heterocycles. The maximum absolute atomic E-state index is 12.8. The normalized spacial score (nSPS) is 22.4. The van der Waals surface area contributed by atoms with Crippen LogP contribution < -0.4 is 0 Å². The smallest absolute Gasteiger partial charge is 0.314 e. The molecule has 3 rings (SSSR count). The molecule has 0 bridgehead atoms. The Morgan fingerprint density at radius 1 is 1.19 bits per heavy atom. The highest BCUT2D eigenvalue weighted by Crippen LogP contribution is 2.35. The number of halogens is 1. The number of likely N-dealkylation sites (tertiary alicyclic amines) is 1. The molecule has 27 heavy (non-hydrogen) atoms. The van der Waals surface area contributed by atoms with Crippen molar-refractivity contribution in [3.63, 3.8) is 0 Å². The fraction of sp³-hybridized carbons (Fsp3) is 0.300. The van der Waals surface area contributed by atoms with Crippen LogP contribution in [0.5, 0.6) is 5.75 Å². The number of hydrogen-bond donors (Lipinski definition) is 3. The second-order valence-corrected chi connectivity index (χ2v) is 7.23. The van der Waals surface area contributed by atoms with Crippen LogP contribution in [0.15, 0.2) is 48.5 Å². The van der Waals surface area contributed by atoms with Crippen LogP contribution in [-0.2, 0) is 11.2 Å². The number of aromatic hydroxyl groups is 1. The van der Waals surface area contributed by atoms with Crippen LogP contribution >= 0.6 is 11.6 Å². The summed E-state index contributed by atoms with van der Waals surface area (Å²) < 4.78 is 0.